The molecule has 0 fully saturated rings. The van der Waals surface area contributed by atoms with E-state index in [4.69, 9.17) is 9.47 Å². The Kier molecular flexibility index (Phi) is 6.11. The van der Waals surface area contributed by atoms with E-state index in [2.05, 4.69) is 4.98 Å². The number of hydrogen-bond donors (Lipinski definition) is 0. The standard InChI is InChI=1S/C15H20N2O4S/c1-17-8-7-16-15(17)22(18,19)12-11-20-9-10-21-13-14-5-3-2-4-6-14/h2-8H,9-13H2,1H3. The van der Waals surface area contributed by atoms with Crippen molar-refractivity contribution in [1.82, 2.24) is 9.55 Å². The molecule has 6 nitrogen and oxygen atoms in total. The Hall–Kier alpha value is -1.70. The van der Waals surface area contributed by atoms with E-state index in [0.29, 0.717) is 19.8 Å². The van der Waals surface area contributed by atoms with E-state index in [9.17, 15) is 8.42 Å². The monoisotopic (exact) mass is 324 g/mol. The molecule has 2 rings (SSSR count). The SMILES string of the molecule is Cn1ccnc1S(=O)(=O)CCOCCOCc1ccccc1. The molecule has 0 bridgehead atoms. The summed E-state index contributed by atoms with van der Waals surface area (Å²) < 4.78 is 36.2. The Morgan fingerprint density at radius 1 is 1.09 bits per heavy atom. The minimum absolute atomic E-state index is 0.0661. The van der Waals surface area contributed by atoms with E-state index >= 15 is 0 Å². The quantitative estimate of drug-likeness (QED) is 0.653. The van der Waals surface area contributed by atoms with Crippen LogP contribution in [0.15, 0.2) is 47.9 Å². The molecule has 0 radical (unpaired) electrons. The molecule has 120 valence electrons. The maximum Gasteiger partial charge on any atom is 0.227 e. The van der Waals surface area contributed by atoms with Gasteiger partial charge in [0.05, 0.1) is 32.2 Å². The lowest BCUT2D eigenvalue weighted by atomic mass is 10.2. The third kappa shape index (κ3) is 4.94. The number of hydrogen-bond acceptors (Lipinski definition) is 5. The van der Waals surface area contributed by atoms with Crippen molar-refractivity contribution < 1.29 is 17.9 Å². The third-order valence-corrected chi connectivity index (χ3v) is 4.69. The molecule has 0 amide bonds. The Morgan fingerprint density at radius 3 is 2.50 bits per heavy atom. The van der Waals surface area contributed by atoms with Gasteiger partial charge in [0.15, 0.2) is 0 Å². The lowest BCUT2D eigenvalue weighted by Crippen LogP contribution is -2.17. The molecule has 22 heavy (non-hydrogen) atoms. The third-order valence-electron chi connectivity index (χ3n) is 3.04. The van der Waals surface area contributed by atoms with E-state index in [-0.39, 0.29) is 17.5 Å². The summed E-state index contributed by atoms with van der Waals surface area (Å²) in [6.07, 6.45) is 3.07. The molecule has 0 saturated heterocycles. The van der Waals surface area contributed by atoms with Gasteiger partial charge in [-0.25, -0.2) is 13.4 Å². The fourth-order valence-corrected chi connectivity index (χ4v) is 3.14. The number of imidazole rings is 1. The number of rotatable bonds is 9. The maximum atomic E-state index is 12.0. The zero-order chi connectivity index (χ0) is 15.8. The van der Waals surface area contributed by atoms with Crippen LogP contribution in [0.2, 0.25) is 0 Å². The summed E-state index contributed by atoms with van der Waals surface area (Å²) in [5.41, 5.74) is 1.10. The van der Waals surface area contributed by atoms with Crippen LogP contribution < -0.4 is 0 Å². The first-order valence-corrected chi connectivity index (χ1v) is 8.64. The highest BCUT2D eigenvalue weighted by Crippen LogP contribution is 2.06. The number of benzene rings is 1. The molecule has 1 heterocycles. The van der Waals surface area contributed by atoms with Gasteiger partial charge in [0.2, 0.25) is 15.0 Å². The van der Waals surface area contributed by atoms with Crippen molar-refractivity contribution in [3.63, 3.8) is 0 Å². The van der Waals surface area contributed by atoms with Gasteiger partial charge in [0.25, 0.3) is 0 Å². The minimum Gasteiger partial charge on any atom is -0.378 e. The predicted molar refractivity (Wildman–Crippen MR) is 82.2 cm³/mol. The van der Waals surface area contributed by atoms with Crippen LogP contribution in [-0.4, -0.2) is 43.5 Å². The molecule has 0 aliphatic heterocycles. The Bertz CT molecular complexity index is 668. The van der Waals surface area contributed by atoms with Crippen LogP contribution in [0.4, 0.5) is 0 Å². The van der Waals surface area contributed by atoms with Gasteiger partial charge in [-0.3, -0.25) is 0 Å². The summed E-state index contributed by atoms with van der Waals surface area (Å²) in [6, 6.07) is 9.84. The van der Waals surface area contributed by atoms with Crippen molar-refractivity contribution in [3.8, 4) is 0 Å². The second kappa shape index (κ2) is 8.07. The first-order valence-electron chi connectivity index (χ1n) is 6.99. The average Bonchev–Trinajstić information content (AvgIpc) is 2.94. The van der Waals surface area contributed by atoms with Crippen molar-refractivity contribution in [2.24, 2.45) is 7.05 Å². The van der Waals surface area contributed by atoms with E-state index in [0.717, 1.165) is 5.56 Å². The highest BCUT2D eigenvalue weighted by atomic mass is 32.2. The Balaban J connectivity index is 1.61. The van der Waals surface area contributed by atoms with Gasteiger partial charge in [0, 0.05) is 19.4 Å². The zero-order valence-electron chi connectivity index (χ0n) is 12.5. The highest BCUT2D eigenvalue weighted by Gasteiger charge is 2.18. The van der Waals surface area contributed by atoms with Gasteiger partial charge >= 0.3 is 0 Å². The Morgan fingerprint density at radius 2 is 1.82 bits per heavy atom. The number of aromatic nitrogens is 2. The molecule has 0 N–H and O–H groups in total. The average molecular weight is 324 g/mol. The second-order valence-electron chi connectivity index (χ2n) is 4.79. The lowest BCUT2D eigenvalue weighted by Gasteiger charge is -2.07. The molecule has 2 aromatic rings. The fraction of sp³-hybridized carbons (Fsp3) is 0.400. The largest absolute Gasteiger partial charge is 0.378 e. The van der Waals surface area contributed by atoms with E-state index in [1.165, 1.54) is 10.8 Å². The van der Waals surface area contributed by atoms with Gasteiger partial charge < -0.3 is 14.0 Å². The molecule has 1 aromatic heterocycles. The molecule has 0 saturated carbocycles. The normalized spacial score (nSPS) is 11.7. The number of nitrogens with zero attached hydrogens (tertiary/aromatic N) is 2. The topological polar surface area (TPSA) is 70.4 Å². The summed E-state index contributed by atoms with van der Waals surface area (Å²) in [5, 5.41) is 0.0661. The molecule has 7 heteroatoms. The van der Waals surface area contributed by atoms with E-state index < -0.39 is 9.84 Å². The van der Waals surface area contributed by atoms with Crippen LogP contribution in [0.3, 0.4) is 0 Å². The summed E-state index contributed by atoms with van der Waals surface area (Å²) >= 11 is 0. The zero-order valence-corrected chi connectivity index (χ0v) is 13.3. The predicted octanol–water partition coefficient (Wildman–Crippen LogP) is 1.43. The molecule has 0 aliphatic carbocycles. The molecular formula is C15H20N2O4S. The van der Waals surface area contributed by atoms with Crippen LogP contribution in [0, 0.1) is 0 Å². The summed E-state index contributed by atoms with van der Waals surface area (Å²) in [4.78, 5) is 3.84. The van der Waals surface area contributed by atoms with Crippen LogP contribution in [0.5, 0.6) is 0 Å². The minimum atomic E-state index is -3.40. The first-order chi connectivity index (χ1) is 10.6. The van der Waals surface area contributed by atoms with E-state index in [1.807, 2.05) is 30.3 Å². The number of ether oxygens (including phenoxy) is 2. The van der Waals surface area contributed by atoms with Gasteiger partial charge in [-0.15, -0.1) is 0 Å². The molecule has 0 atom stereocenters. The van der Waals surface area contributed by atoms with Crippen molar-refractivity contribution in [2.75, 3.05) is 25.6 Å². The summed E-state index contributed by atoms with van der Waals surface area (Å²) in [5.74, 6) is -0.0868. The van der Waals surface area contributed by atoms with Crippen LogP contribution in [0.25, 0.3) is 0 Å². The van der Waals surface area contributed by atoms with Gasteiger partial charge in [0.1, 0.15) is 0 Å². The molecule has 1 aromatic carbocycles. The molecular weight excluding hydrogens is 304 g/mol. The summed E-state index contributed by atoms with van der Waals surface area (Å²) in [6.45, 7) is 1.44. The van der Waals surface area contributed by atoms with Crippen LogP contribution in [0.1, 0.15) is 5.56 Å². The highest BCUT2D eigenvalue weighted by molar-refractivity contribution is 7.91. The second-order valence-corrected chi connectivity index (χ2v) is 6.79. The summed E-state index contributed by atoms with van der Waals surface area (Å²) in [7, 11) is -1.75. The van der Waals surface area contributed by atoms with E-state index in [1.54, 1.807) is 13.2 Å². The molecule has 0 spiro atoms. The number of aryl methyl sites for hydroxylation is 1. The fourth-order valence-electron chi connectivity index (χ4n) is 1.90. The number of sulfone groups is 1. The van der Waals surface area contributed by atoms with Crippen molar-refractivity contribution in [1.29, 1.82) is 0 Å². The smallest absolute Gasteiger partial charge is 0.227 e. The van der Waals surface area contributed by atoms with Gasteiger partial charge in [-0.2, -0.15) is 0 Å². The molecule has 0 aliphatic rings. The first kappa shape index (κ1) is 16.7. The van der Waals surface area contributed by atoms with Crippen molar-refractivity contribution in [2.45, 2.75) is 11.8 Å². The Labute approximate surface area is 130 Å². The van der Waals surface area contributed by atoms with Crippen LogP contribution in [-0.2, 0) is 33.0 Å². The van der Waals surface area contributed by atoms with Gasteiger partial charge in [-0.1, -0.05) is 30.3 Å². The molecule has 0 unspecified atom stereocenters. The van der Waals surface area contributed by atoms with Crippen molar-refractivity contribution >= 4 is 9.84 Å². The van der Waals surface area contributed by atoms with Crippen molar-refractivity contribution in [3.05, 3.63) is 48.3 Å². The lowest BCUT2D eigenvalue weighted by molar-refractivity contribution is 0.0458. The maximum absolute atomic E-state index is 12.0. The van der Waals surface area contributed by atoms with Crippen LogP contribution >= 0.6 is 0 Å². The van der Waals surface area contributed by atoms with Gasteiger partial charge in [-0.05, 0) is 5.56 Å².